The highest BCUT2D eigenvalue weighted by atomic mass is 32.1. The van der Waals surface area contributed by atoms with Crippen LogP contribution in [0.2, 0.25) is 0 Å². The second-order valence-corrected chi connectivity index (χ2v) is 3.70. The lowest BCUT2D eigenvalue weighted by molar-refractivity contribution is -0.130. The maximum atomic E-state index is 10.7. The second kappa shape index (κ2) is 3.57. The third-order valence-electron chi connectivity index (χ3n) is 1.59. The van der Waals surface area contributed by atoms with Crippen LogP contribution in [0.15, 0.2) is 6.08 Å². The summed E-state index contributed by atoms with van der Waals surface area (Å²) in [5, 5.41) is 9.21. The Morgan fingerprint density at radius 1 is 1.69 bits per heavy atom. The minimum Gasteiger partial charge on any atom is -0.478 e. The van der Waals surface area contributed by atoms with E-state index in [-0.39, 0.29) is 5.57 Å². The van der Waals surface area contributed by atoms with Crippen molar-refractivity contribution < 1.29 is 9.90 Å². The predicted molar refractivity (Wildman–Crippen MR) is 52.6 cm³/mol. The second-order valence-electron chi connectivity index (χ2n) is 2.46. The number of aryl methyl sites for hydroxylation is 1. The molecule has 70 valence electrons. The largest absolute Gasteiger partial charge is 0.478 e. The number of rotatable bonds is 2. The van der Waals surface area contributed by atoms with E-state index in [0.29, 0.717) is 10.8 Å². The number of carbonyl (C=O) groups is 1. The van der Waals surface area contributed by atoms with Crippen LogP contribution >= 0.6 is 11.3 Å². The van der Waals surface area contributed by atoms with Crippen LogP contribution < -0.4 is 5.73 Å². The van der Waals surface area contributed by atoms with E-state index < -0.39 is 5.97 Å². The fraction of sp³-hybridized carbons (Fsp3) is 0.250. The lowest BCUT2D eigenvalue weighted by Gasteiger charge is -1.97. The highest BCUT2D eigenvalue weighted by molar-refractivity contribution is 7.15. The first-order valence-electron chi connectivity index (χ1n) is 3.69. The summed E-state index contributed by atoms with van der Waals surface area (Å²) >= 11 is 1.29. The van der Waals surface area contributed by atoms with Gasteiger partial charge in [0.15, 0.2) is 5.13 Å². The fourth-order valence-electron chi connectivity index (χ4n) is 1.03. The number of nitrogen functional groups attached to an aromatic ring is 1. The molecule has 0 spiro atoms. The van der Waals surface area contributed by atoms with Crippen molar-refractivity contribution in [1.82, 2.24) is 4.98 Å². The zero-order chi connectivity index (χ0) is 10.0. The normalized spacial score (nSPS) is 11.7. The minimum absolute atomic E-state index is 0.199. The predicted octanol–water partition coefficient (Wildman–Crippen LogP) is 1.52. The van der Waals surface area contributed by atoms with Crippen LogP contribution in [0.25, 0.3) is 5.57 Å². The van der Waals surface area contributed by atoms with Crippen molar-refractivity contribution in [1.29, 1.82) is 0 Å². The first-order chi connectivity index (χ1) is 6.06. The molecule has 0 saturated carbocycles. The number of nitrogens with two attached hydrogens (primary N) is 1. The molecular weight excluding hydrogens is 188 g/mol. The van der Waals surface area contributed by atoms with Crippen LogP contribution in [-0.2, 0) is 4.79 Å². The van der Waals surface area contributed by atoms with Crippen molar-refractivity contribution >= 4 is 28.0 Å². The lowest BCUT2D eigenvalue weighted by Crippen LogP contribution is -2.01. The van der Waals surface area contributed by atoms with E-state index in [2.05, 4.69) is 4.98 Å². The summed E-state index contributed by atoms with van der Waals surface area (Å²) in [4.78, 5) is 15.5. The van der Waals surface area contributed by atoms with E-state index in [4.69, 9.17) is 10.8 Å². The van der Waals surface area contributed by atoms with Crippen molar-refractivity contribution in [3.8, 4) is 0 Å². The molecule has 1 rings (SSSR count). The quantitative estimate of drug-likeness (QED) is 0.706. The summed E-state index contributed by atoms with van der Waals surface area (Å²) in [6.45, 7) is 3.47. The minimum atomic E-state index is -0.976. The lowest BCUT2D eigenvalue weighted by atomic mass is 10.1. The molecular formula is C8H10N2O2S. The average molecular weight is 198 g/mol. The smallest absolute Gasteiger partial charge is 0.337 e. The molecule has 0 bridgehead atoms. The molecule has 0 unspecified atom stereocenters. The number of thiazole rings is 1. The Kier molecular flexibility index (Phi) is 2.67. The number of aromatic nitrogens is 1. The van der Waals surface area contributed by atoms with Crippen molar-refractivity contribution in [2.24, 2.45) is 0 Å². The van der Waals surface area contributed by atoms with Gasteiger partial charge in [0, 0.05) is 4.88 Å². The van der Waals surface area contributed by atoms with Gasteiger partial charge in [0.25, 0.3) is 0 Å². The molecule has 3 N–H and O–H groups in total. The number of carboxylic acid groups (broad SMARTS) is 1. The number of nitrogens with zero attached hydrogens (tertiary/aromatic N) is 1. The van der Waals surface area contributed by atoms with Crippen molar-refractivity contribution in [3.05, 3.63) is 16.6 Å². The summed E-state index contributed by atoms with van der Waals surface area (Å²) in [7, 11) is 0. The number of anilines is 1. The standard InChI is InChI=1S/C8H10N2O2S/c1-3-5(7(11)12)6-4(2)13-8(9)10-6/h3H,1-2H3,(H2,9,10)(H,11,12)/b5-3+. The van der Waals surface area contributed by atoms with Gasteiger partial charge in [-0.25, -0.2) is 9.78 Å². The molecule has 0 atom stereocenters. The van der Waals surface area contributed by atoms with Crippen LogP contribution in [0.3, 0.4) is 0 Å². The third-order valence-corrected chi connectivity index (χ3v) is 2.39. The van der Waals surface area contributed by atoms with Crippen LogP contribution in [0.1, 0.15) is 17.5 Å². The highest BCUT2D eigenvalue weighted by Crippen LogP contribution is 2.25. The van der Waals surface area contributed by atoms with Crippen LogP contribution in [0.4, 0.5) is 5.13 Å². The summed E-state index contributed by atoms with van der Waals surface area (Å²) in [5.41, 5.74) is 6.13. The maximum Gasteiger partial charge on any atom is 0.337 e. The molecule has 0 fully saturated rings. The van der Waals surface area contributed by atoms with E-state index in [1.807, 2.05) is 0 Å². The van der Waals surface area contributed by atoms with Gasteiger partial charge in [0.1, 0.15) is 0 Å². The van der Waals surface area contributed by atoms with Gasteiger partial charge in [-0.1, -0.05) is 6.08 Å². The Morgan fingerprint density at radius 3 is 2.62 bits per heavy atom. The Labute approximate surface area is 79.7 Å². The summed E-state index contributed by atoms with van der Waals surface area (Å²) in [5.74, 6) is -0.976. The number of carboxylic acids is 1. The number of aliphatic carboxylic acids is 1. The third kappa shape index (κ3) is 1.86. The van der Waals surface area contributed by atoms with Crippen molar-refractivity contribution in [2.45, 2.75) is 13.8 Å². The van der Waals surface area contributed by atoms with E-state index in [1.165, 1.54) is 17.4 Å². The van der Waals surface area contributed by atoms with Gasteiger partial charge < -0.3 is 10.8 Å². The molecule has 0 saturated heterocycles. The van der Waals surface area contributed by atoms with Crippen LogP contribution in [-0.4, -0.2) is 16.1 Å². The zero-order valence-electron chi connectivity index (χ0n) is 7.37. The number of hydrogen-bond donors (Lipinski definition) is 2. The molecule has 0 aliphatic heterocycles. The number of hydrogen-bond acceptors (Lipinski definition) is 4. The fourth-order valence-corrected chi connectivity index (χ4v) is 1.73. The monoisotopic (exact) mass is 198 g/mol. The molecule has 0 amide bonds. The molecule has 13 heavy (non-hydrogen) atoms. The molecule has 0 aromatic carbocycles. The molecule has 1 aromatic rings. The van der Waals surface area contributed by atoms with Gasteiger partial charge >= 0.3 is 5.97 Å². The van der Waals surface area contributed by atoms with E-state index in [9.17, 15) is 4.79 Å². The van der Waals surface area contributed by atoms with Gasteiger partial charge in [-0.15, -0.1) is 11.3 Å². The van der Waals surface area contributed by atoms with Gasteiger partial charge in [-0.3, -0.25) is 0 Å². The Morgan fingerprint density at radius 2 is 2.31 bits per heavy atom. The molecule has 0 aliphatic rings. The number of allylic oxidation sites excluding steroid dienone is 1. The Balaban J connectivity index is 3.20. The average Bonchev–Trinajstić information content (AvgIpc) is 2.31. The Bertz CT molecular complexity index is 368. The molecule has 4 nitrogen and oxygen atoms in total. The molecule has 1 aromatic heterocycles. The highest BCUT2D eigenvalue weighted by Gasteiger charge is 2.15. The van der Waals surface area contributed by atoms with Gasteiger partial charge in [-0.05, 0) is 13.8 Å². The van der Waals surface area contributed by atoms with Gasteiger partial charge in [0.05, 0.1) is 11.3 Å². The molecule has 1 heterocycles. The summed E-state index contributed by atoms with van der Waals surface area (Å²) < 4.78 is 0. The van der Waals surface area contributed by atoms with Crippen molar-refractivity contribution in [3.63, 3.8) is 0 Å². The zero-order valence-corrected chi connectivity index (χ0v) is 8.18. The van der Waals surface area contributed by atoms with E-state index in [1.54, 1.807) is 13.8 Å². The topological polar surface area (TPSA) is 76.2 Å². The van der Waals surface area contributed by atoms with Gasteiger partial charge in [0.2, 0.25) is 0 Å². The summed E-state index contributed by atoms with van der Waals surface area (Å²) in [6, 6.07) is 0. The maximum absolute atomic E-state index is 10.7. The molecule has 5 heteroatoms. The summed E-state index contributed by atoms with van der Waals surface area (Å²) in [6.07, 6.45) is 1.52. The van der Waals surface area contributed by atoms with E-state index >= 15 is 0 Å². The van der Waals surface area contributed by atoms with Gasteiger partial charge in [-0.2, -0.15) is 0 Å². The Hall–Kier alpha value is -1.36. The first kappa shape index (κ1) is 9.73. The van der Waals surface area contributed by atoms with Crippen molar-refractivity contribution in [2.75, 3.05) is 5.73 Å². The molecule has 0 radical (unpaired) electrons. The van der Waals surface area contributed by atoms with E-state index in [0.717, 1.165) is 4.88 Å². The van der Waals surface area contributed by atoms with Crippen LogP contribution in [0, 0.1) is 6.92 Å². The van der Waals surface area contributed by atoms with Crippen LogP contribution in [0.5, 0.6) is 0 Å². The SMILES string of the molecule is C/C=C(/C(=O)O)c1nc(N)sc1C. The molecule has 0 aliphatic carbocycles. The first-order valence-corrected chi connectivity index (χ1v) is 4.50.